The lowest BCUT2D eigenvalue weighted by molar-refractivity contribution is 0.166. The van der Waals surface area contributed by atoms with E-state index in [2.05, 4.69) is 41.5 Å². The molecule has 0 aliphatic heterocycles. The summed E-state index contributed by atoms with van der Waals surface area (Å²) in [5.41, 5.74) is 2.39. The lowest BCUT2D eigenvalue weighted by atomic mass is 10.0. The first kappa shape index (κ1) is 14.0. The number of pyridine rings is 1. The van der Waals surface area contributed by atoms with Crippen molar-refractivity contribution in [3.05, 3.63) is 42.1 Å². The number of ether oxygens (including phenoxy) is 1. The molecule has 2 rings (SSSR count). The van der Waals surface area contributed by atoms with E-state index in [4.69, 9.17) is 4.74 Å². The van der Waals surface area contributed by atoms with Gasteiger partial charge in [0, 0.05) is 24.7 Å². The maximum Gasteiger partial charge on any atom is 0.0704 e. The van der Waals surface area contributed by atoms with Crippen molar-refractivity contribution in [2.75, 3.05) is 20.3 Å². The van der Waals surface area contributed by atoms with E-state index in [0.29, 0.717) is 6.04 Å². The van der Waals surface area contributed by atoms with Gasteiger partial charge in [-0.2, -0.15) is 0 Å². The Morgan fingerprint density at radius 2 is 2.11 bits per heavy atom. The van der Waals surface area contributed by atoms with Crippen LogP contribution in [-0.2, 0) is 11.2 Å². The van der Waals surface area contributed by atoms with Gasteiger partial charge in [0.15, 0.2) is 0 Å². The SMILES string of the molecule is CCCNC(COC)Cc1ccnc2ccccc12. The zero-order valence-electron chi connectivity index (χ0n) is 11.7. The average Bonchev–Trinajstić information content (AvgIpc) is 2.45. The van der Waals surface area contributed by atoms with E-state index in [9.17, 15) is 0 Å². The zero-order chi connectivity index (χ0) is 13.5. The molecule has 0 fully saturated rings. The molecule has 1 aromatic heterocycles. The van der Waals surface area contributed by atoms with Crippen LogP contribution < -0.4 is 5.32 Å². The number of nitrogens with zero attached hydrogens (tertiary/aromatic N) is 1. The van der Waals surface area contributed by atoms with Crippen LogP contribution in [-0.4, -0.2) is 31.3 Å². The quantitative estimate of drug-likeness (QED) is 0.829. The standard InChI is InChI=1S/C16H22N2O/c1-3-9-17-14(12-19-2)11-13-8-10-18-16-7-5-4-6-15(13)16/h4-8,10,14,17H,3,9,11-12H2,1-2H3. The highest BCUT2D eigenvalue weighted by molar-refractivity contribution is 5.81. The van der Waals surface area contributed by atoms with E-state index >= 15 is 0 Å². The fourth-order valence-electron chi connectivity index (χ4n) is 2.34. The Bertz CT molecular complexity index is 508. The second kappa shape index (κ2) is 7.22. The van der Waals surface area contributed by atoms with Gasteiger partial charge in [-0.15, -0.1) is 0 Å². The van der Waals surface area contributed by atoms with Crippen molar-refractivity contribution in [2.24, 2.45) is 0 Å². The number of hydrogen-bond donors (Lipinski definition) is 1. The topological polar surface area (TPSA) is 34.1 Å². The van der Waals surface area contributed by atoms with Crippen LogP contribution in [0.25, 0.3) is 10.9 Å². The monoisotopic (exact) mass is 258 g/mol. The molecule has 0 aliphatic rings. The van der Waals surface area contributed by atoms with Crippen molar-refractivity contribution in [3.8, 4) is 0 Å². The minimum atomic E-state index is 0.357. The third-order valence-corrected chi connectivity index (χ3v) is 3.26. The third kappa shape index (κ3) is 3.75. The molecular formula is C16H22N2O. The Labute approximate surface area is 115 Å². The molecule has 0 radical (unpaired) electrons. The summed E-state index contributed by atoms with van der Waals surface area (Å²) in [4.78, 5) is 4.41. The Morgan fingerprint density at radius 3 is 2.89 bits per heavy atom. The predicted octanol–water partition coefficient (Wildman–Crippen LogP) is 2.79. The molecule has 0 saturated heterocycles. The van der Waals surface area contributed by atoms with Gasteiger partial charge in [0.05, 0.1) is 12.1 Å². The average molecular weight is 258 g/mol. The highest BCUT2D eigenvalue weighted by Gasteiger charge is 2.10. The maximum absolute atomic E-state index is 5.31. The first-order valence-corrected chi connectivity index (χ1v) is 6.90. The van der Waals surface area contributed by atoms with Gasteiger partial charge in [0.2, 0.25) is 0 Å². The van der Waals surface area contributed by atoms with Gasteiger partial charge in [-0.05, 0) is 37.1 Å². The number of hydrogen-bond acceptors (Lipinski definition) is 3. The molecule has 2 aromatic rings. The van der Waals surface area contributed by atoms with Gasteiger partial charge < -0.3 is 10.1 Å². The number of nitrogens with one attached hydrogen (secondary N) is 1. The predicted molar refractivity (Wildman–Crippen MR) is 79.4 cm³/mol. The van der Waals surface area contributed by atoms with Crippen LogP contribution in [0, 0.1) is 0 Å². The van der Waals surface area contributed by atoms with Crippen LogP contribution in [0.5, 0.6) is 0 Å². The first-order valence-electron chi connectivity index (χ1n) is 6.90. The fraction of sp³-hybridized carbons (Fsp3) is 0.438. The van der Waals surface area contributed by atoms with Crippen LogP contribution >= 0.6 is 0 Å². The maximum atomic E-state index is 5.31. The second-order valence-electron chi connectivity index (χ2n) is 4.80. The molecule has 1 N–H and O–H groups in total. The number of fused-ring (bicyclic) bond motifs is 1. The van der Waals surface area contributed by atoms with Crippen molar-refractivity contribution >= 4 is 10.9 Å². The molecule has 1 atom stereocenters. The molecule has 0 spiro atoms. The molecule has 0 aliphatic carbocycles. The highest BCUT2D eigenvalue weighted by Crippen LogP contribution is 2.17. The van der Waals surface area contributed by atoms with Gasteiger partial charge in [-0.1, -0.05) is 25.1 Å². The number of benzene rings is 1. The lowest BCUT2D eigenvalue weighted by Crippen LogP contribution is -2.35. The van der Waals surface area contributed by atoms with Crippen molar-refractivity contribution in [1.29, 1.82) is 0 Å². The molecule has 1 unspecified atom stereocenters. The summed E-state index contributed by atoms with van der Waals surface area (Å²) in [5.74, 6) is 0. The normalized spacial score (nSPS) is 12.7. The van der Waals surface area contributed by atoms with Crippen LogP contribution in [0.3, 0.4) is 0 Å². The van der Waals surface area contributed by atoms with E-state index in [1.807, 2.05) is 12.3 Å². The van der Waals surface area contributed by atoms with Crippen LogP contribution in [0.15, 0.2) is 36.5 Å². The minimum absolute atomic E-state index is 0.357. The van der Waals surface area contributed by atoms with E-state index in [1.54, 1.807) is 7.11 Å². The number of para-hydroxylation sites is 1. The summed E-state index contributed by atoms with van der Waals surface area (Å²) >= 11 is 0. The summed E-state index contributed by atoms with van der Waals surface area (Å²) in [6.45, 7) is 3.94. The first-order chi connectivity index (χ1) is 9.35. The molecular weight excluding hydrogens is 236 g/mol. The van der Waals surface area contributed by atoms with Gasteiger partial charge in [0.25, 0.3) is 0 Å². The van der Waals surface area contributed by atoms with Crippen LogP contribution in [0.2, 0.25) is 0 Å². The summed E-state index contributed by atoms with van der Waals surface area (Å²) in [7, 11) is 1.76. The second-order valence-corrected chi connectivity index (χ2v) is 4.80. The van der Waals surface area contributed by atoms with E-state index < -0.39 is 0 Å². The molecule has 0 bridgehead atoms. The Kier molecular flexibility index (Phi) is 5.31. The van der Waals surface area contributed by atoms with Crippen molar-refractivity contribution in [2.45, 2.75) is 25.8 Å². The van der Waals surface area contributed by atoms with E-state index in [0.717, 1.165) is 31.5 Å². The molecule has 1 aromatic carbocycles. The summed E-state index contributed by atoms with van der Waals surface area (Å²) in [5, 5.41) is 4.78. The molecule has 19 heavy (non-hydrogen) atoms. The van der Waals surface area contributed by atoms with Crippen LogP contribution in [0.4, 0.5) is 0 Å². The van der Waals surface area contributed by atoms with Gasteiger partial charge in [-0.3, -0.25) is 4.98 Å². The fourth-order valence-corrected chi connectivity index (χ4v) is 2.34. The van der Waals surface area contributed by atoms with Gasteiger partial charge in [-0.25, -0.2) is 0 Å². The third-order valence-electron chi connectivity index (χ3n) is 3.26. The van der Waals surface area contributed by atoms with Crippen LogP contribution in [0.1, 0.15) is 18.9 Å². The molecule has 3 nitrogen and oxygen atoms in total. The summed E-state index contributed by atoms with van der Waals surface area (Å²) in [6.07, 6.45) is 4.00. The lowest BCUT2D eigenvalue weighted by Gasteiger charge is -2.18. The van der Waals surface area contributed by atoms with Gasteiger partial charge >= 0.3 is 0 Å². The largest absolute Gasteiger partial charge is 0.383 e. The molecule has 1 heterocycles. The zero-order valence-corrected chi connectivity index (χ0v) is 11.7. The summed E-state index contributed by atoms with van der Waals surface area (Å²) < 4.78 is 5.31. The number of rotatable bonds is 7. The Balaban J connectivity index is 2.18. The van der Waals surface area contributed by atoms with E-state index in [-0.39, 0.29) is 0 Å². The Hall–Kier alpha value is -1.45. The number of aromatic nitrogens is 1. The number of methoxy groups -OCH3 is 1. The van der Waals surface area contributed by atoms with Crippen molar-refractivity contribution in [3.63, 3.8) is 0 Å². The minimum Gasteiger partial charge on any atom is -0.383 e. The molecule has 0 amide bonds. The summed E-state index contributed by atoms with van der Waals surface area (Å²) in [6, 6.07) is 10.8. The smallest absolute Gasteiger partial charge is 0.0704 e. The molecule has 0 saturated carbocycles. The van der Waals surface area contributed by atoms with E-state index in [1.165, 1.54) is 10.9 Å². The van der Waals surface area contributed by atoms with Gasteiger partial charge in [0.1, 0.15) is 0 Å². The molecule has 3 heteroatoms. The van der Waals surface area contributed by atoms with Crippen molar-refractivity contribution in [1.82, 2.24) is 10.3 Å². The Morgan fingerprint density at radius 1 is 1.26 bits per heavy atom. The molecule has 102 valence electrons. The highest BCUT2D eigenvalue weighted by atomic mass is 16.5. The van der Waals surface area contributed by atoms with Crippen molar-refractivity contribution < 1.29 is 4.74 Å².